The van der Waals surface area contributed by atoms with Crippen molar-refractivity contribution in [1.29, 1.82) is 0 Å². The molecule has 1 aromatic rings. The molecule has 0 aliphatic heterocycles. The lowest BCUT2D eigenvalue weighted by atomic mass is 9.96. The highest BCUT2D eigenvalue weighted by Gasteiger charge is 2.33. The molecule has 3 nitrogen and oxygen atoms in total. The summed E-state index contributed by atoms with van der Waals surface area (Å²) < 4.78 is 61.9. The summed E-state index contributed by atoms with van der Waals surface area (Å²) in [6.45, 7) is 0. The Kier molecular flexibility index (Phi) is 3.23. The van der Waals surface area contributed by atoms with Crippen LogP contribution in [0.3, 0.4) is 0 Å². The minimum atomic E-state index is -4.97. The lowest BCUT2D eigenvalue weighted by Gasteiger charge is -2.12. The summed E-state index contributed by atoms with van der Waals surface area (Å²) in [6.07, 6.45) is -4.19. The van der Waals surface area contributed by atoms with Crippen molar-refractivity contribution in [3.8, 4) is 5.75 Å². The first-order valence-electron chi connectivity index (χ1n) is 3.95. The van der Waals surface area contributed by atoms with E-state index in [4.69, 9.17) is 7.85 Å². The van der Waals surface area contributed by atoms with E-state index >= 15 is 0 Å². The first-order chi connectivity index (χ1) is 7.09. The number of halogens is 3. The second-order valence-electron chi connectivity index (χ2n) is 3.03. The van der Waals surface area contributed by atoms with Crippen LogP contribution >= 0.6 is 0 Å². The van der Waals surface area contributed by atoms with Crippen LogP contribution in [0.15, 0.2) is 23.1 Å². The second kappa shape index (κ2) is 4.01. The van der Waals surface area contributed by atoms with E-state index in [1.807, 2.05) is 0 Å². The first kappa shape index (κ1) is 12.9. The van der Waals surface area contributed by atoms with Gasteiger partial charge in [-0.1, -0.05) is 11.5 Å². The average Bonchev–Trinajstić information content (AvgIpc) is 1.97. The fraction of sp³-hybridized carbons (Fsp3) is 0.250. The van der Waals surface area contributed by atoms with E-state index in [9.17, 15) is 21.6 Å². The molecular weight excluding hydrogens is 244 g/mol. The first-order valence-corrected chi connectivity index (χ1v) is 5.84. The highest BCUT2D eigenvalue weighted by molar-refractivity contribution is 7.90. The van der Waals surface area contributed by atoms with Gasteiger partial charge in [0.05, 0.1) is 0 Å². The van der Waals surface area contributed by atoms with Crippen LogP contribution in [-0.4, -0.2) is 28.9 Å². The summed E-state index contributed by atoms with van der Waals surface area (Å²) >= 11 is 0. The molecule has 86 valence electrons. The van der Waals surface area contributed by atoms with Gasteiger partial charge in [-0.25, -0.2) is 8.42 Å². The van der Waals surface area contributed by atoms with Crippen LogP contribution < -0.4 is 10.2 Å². The molecule has 0 aliphatic carbocycles. The third-order valence-corrected chi connectivity index (χ3v) is 2.73. The molecule has 0 N–H and O–H groups in total. The van der Waals surface area contributed by atoms with Gasteiger partial charge in [0.15, 0.2) is 9.84 Å². The second-order valence-corrected chi connectivity index (χ2v) is 5.01. The van der Waals surface area contributed by atoms with Gasteiger partial charge in [0.25, 0.3) is 0 Å². The molecule has 2 radical (unpaired) electrons. The van der Waals surface area contributed by atoms with Crippen molar-refractivity contribution in [2.75, 3.05) is 6.26 Å². The van der Waals surface area contributed by atoms with Gasteiger partial charge in [-0.05, 0) is 12.1 Å². The summed E-state index contributed by atoms with van der Waals surface area (Å²) in [4.78, 5) is -0.556. The van der Waals surface area contributed by atoms with Gasteiger partial charge in [0.2, 0.25) is 0 Å². The molecule has 0 spiro atoms. The van der Waals surface area contributed by atoms with Crippen molar-refractivity contribution in [3.63, 3.8) is 0 Å². The lowest BCUT2D eigenvalue weighted by molar-refractivity contribution is -0.275. The van der Waals surface area contributed by atoms with Crippen LogP contribution in [0.5, 0.6) is 5.75 Å². The number of sulfone groups is 1. The predicted molar refractivity (Wildman–Crippen MR) is 51.6 cm³/mol. The predicted octanol–water partition coefficient (Wildman–Crippen LogP) is 0.783. The van der Waals surface area contributed by atoms with Crippen LogP contribution in [0.25, 0.3) is 0 Å². The topological polar surface area (TPSA) is 43.4 Å². The molecule has 0 amide bonds. The van der Waals surface area contributed by atoms with Crippen LogP contribution in [0.1, 0.15) is 0 Å². The van der Waals surface area contributed by atoms with Crippen molar-refractivity contribution in [2.45, 2.75) is 11.3 Å². The zero-order valence-corrected chi connectivity index (χ0v) is 8.89. The quantitative estimate of drug-likeness (QED) is 0.728. The molecule has 0 aromatic heterocycles. The summed E-state index contributed by atoms with van der Waals surface area (Å²) in [7, 11) is 1.44. The van der Waals surface area contributed by atoms with Gasteiger partial charge in [0, 0.05) is 6.26 Å². The Bertz CT molecular complexity index is 496. The standard InChI is InChI=1S/C8H6BF3O3S/c1-16(13,14)7-3-2-5(9)4-6(7)15-8(10,11)12/h2-4H,1H3. The molecular formula is C8H6BF3O3S. The molecule has 0 saturated heterocycles. The molecule has 0 unspecified atom stereocenters. The highest BCUT2D eigenvalue weighted by atomic mass is 32.2. The molecule has 8 heteroatoms. The van der Waals surface area contributed by atoms with E-state index in [1.165, 1.54) is 6.07 Å². The Morgan fingerprint density at radius 2 is 1.88 bits per heavy atom. The average molecular weight is 250 g/mol. The minimum absolute atomic E-state index is 0.0216. The Morgan fingerprint density at radius 3 is 2.31 bits per heavy atom. The van der Waals surface area contributed by atoms with E-state index in [0.717, 1.165) is 18.4 Å². The third kappa shape index (κ3) is 3.44. The maximum Gasteiger partial charge on any atom is 0.573 e. The molecule has 1 rings (SSSR count). The van der Waals surface area contributed by atoms with Crippen molar-refractivity contribution in [2.24, 2.45) is 0 Å². The summed E-state index contributed by atoms with van der Waals surface area (Å²) in [5.41, 5.74) is -0.0216. The number of ether oxygens (including phenoxy) is 1. The van der Waals surface area contributed by atoms with Crippen LogP contribution in [0.2, 0.25) is 0 Å². The lowest BCUT2D eigenvalue weighted by Crippen LogP contribution is -2.20. The Morgan fingerprint density at radius 1 is 1.31 bits per heavy atom. The fourth-order valence-electron chi connectivity index (χ4n) is 1.04. The van der Waals surface area contributed by atoms with Crippen molar-refractivity contribution in [3.05, 3.63) is 18.2 Å². The van der Waals surface area contributed by atoms with Gasteiger partial charge in [-0.2, -0.15) is 0 Å². The minimum Gasteiger partial charge on any atom is -0.404 e. The number of hydrogen-bond donors (Lipinski definition) is 0. The van der Waals surface area contributed by atoms with Gasteiger partial charge in [-0.15, -0.1) is 13.2 Å². The molecule has 0 atom stereocenters. The molecule has 0 aliphatic rings. The van der Waals surface area contributed by atoms with Crippen LogP contribution in [-0.2, 0) is 9.84 Å². The van der Waals surface area contributed by atoms with Crippen molar-refractivity contribution < 1.29 is 26.3 Å². The van der Waals surface area contributed by atoms with E-state index in [-0.39, 0.29) is 5.46 Å². The van der Waals surface area contributed by atoms with Gasteiger partial charge < -0.3 is 4.74 Å². The normalized spacial score (nSPS) is 12.5. The number of benzene rings is 1. The third-order valence-electron chi connectivity index (χ3n) is 1.59. The molecule has 0 fully saturated rings. The largest absolute Gasteiger partial charge is 0.573 e. The molecule has 16 heavy (non-hydrogen) atoms. The van der Waals surface area contributed by atoms with Gasteiger partial charge in [0.1, 0.15) is 18.5 Å². The van der Waals surface area contributed by atoms with Crippen LogP contribution in [0, 0.1) is 0 Å². The van der Waals surface area contributed by atoms with Gasteiger partial charge in [-0.3, -0.25) is 0 Å². The van der Waals surface area contributed by atoms with Crippen molar-refractivity contribution in [1.82, 2.24) is 0 Å². The smallest absolute Gasteiger partial charge is 0.404 e. The monoisotopic (exact) mass is 250 g/mol. The number of alkyl halides is 3. The SMILES string of the molecule is [B]c1ccc(S(C)(=O)=O)c(OC(F)(F)F)c1. The molecule has 0 heterocycles. The van der Waals surface area contributed by atoms with E-state index in [0.29, 0.717) is 0 Å². The zero-order valence-electron chi connectivity index (χ0n) is 8.08. The Labute approximate surface area is 91.5 Å². The number of hydrogen-bond acceptors (Lipinski definition) is 3. The summed E-state index contributed by atoms with van der Waals surface area (Å²) in [6, 6.07) is 2.95. The summed E-state index contributed by atoms with van der Waals surface area (Å²) in [5, 5.41) is 0. The Hall–Kier alpha value is -1.18. The molecule has 1 aromatic carbocycles. The van der Waals surface area contributed by atoms with E-state index < -0.39 is 26.8 Å². The number of rotatable bonds is 2. The Balaban J connectivity index is 3.30. The molecule has 0 saturated carbocycles. The van der Waals surface area contributed by atoms with Gasteiger partial charge >= 0.3 is 6.36 Å². The van der Waals surface area contributed by atoms with E-state index in [1.54, 1.807) is 0 Å². The van der Waals surface area contributed by atoms with Crippen molar-refractivity contribution >= 4 is 23.1 Å². The summed E-state index contributed by atoms with van der Waals surface area (Å²) in [5.74, 6) is -0.824. The van der Waals surface area contributed by atoms with E-state index in [2.05, 4.69) is 4.74 Å². The maximum absolute atomic E-state index is 12.0. The maximum atomic E-state index is 12.0. The fourth-order valence-corrected chi connectivity index (χ4v) is 1.82. The van der Waals surface area contributed by atoms with Crippen LogP contribution in [0.4, 0.5) is 13.2 Å². The zero-order chi connectivity index (χ0) is 12.6. The highest BCUT2D eigenvalue weighted by Crippen LogP contribution is 2.28. The molecule has 0 bridgehead atoms.